The van der Waals surface area contributed by atoms with Crippen molar-refractivity contribution in [2.75, 3.05) is 7.11 Å². The van der Waals surface area contributed by atoms with Gasteiger partial charge >= 0.3 is 5.97 Å². The van der Waals surface area contributed by atoms with E-state index in [1.807, 2.05) is 25.1 Å². The summed E-state index contributed by atoms with van der Waals surface area (Å²) in [5.41, 5.74) is 2.17. The van der Waals surface area contributed by atoms with Gasteiger partial charge in [0.2, 0.25) is 0 Å². The van der Waals surface area contributed by atoms with E-state index in [-0.39, 0.29) is 11.8 Å². The second-order valence-electron chi connectivity index (χ2n) is 4.03. The van der Waals surface area contributed by atoms with Gasteiger partial charge in [0.05, 0.1) is 13.0 Å². The van der Waals surface area contributed by atoms with Crippen molar-refractivity contribution in [2.45, 2.75) is 19.3 Å². The van der Waals surface area contributed by atoms with Crippen LogP contribution in [0.2, 0.25) is 0 Å². The van der Waals surface area contributed by atoms with E-state index >= 15 is 0 Å². The molecule has 1 aromatic rings. The summed E-state index contributed by atoms with van der Waals surface area (Å²) in [4.78, 5) is 10.8. The molecule has 0 spiro atoms. The molecule has 0 radical (unpaired) electrons. The van der Waals surface area contributed by atoms with Crippen LogP contribution in [-0.4, -0.2) is 18.2 Å². The van der Waals surface area contributed by atoms with E-state index in [0.29, 0.717) is 0 Å². The molecule has 80 valence electrons. The molecule has 2 rings (SSSR count). The first-order valence-corrected chi connectivity index (χ1v) is 5.01. The summed E-state index contributed by atoms with van der Waals surface area (Å²) >= 11 is 0. The highest BCUT2D eigenvalue weighted by Crippen LogP contribution is 2.50. The predicted molar refractivity (Wildman–Crippen MR) is 56.2 cm³/mol. The van der Waals surface area contributed by atoms with Gasteiger partial charge in [-0.3, -0.25) is 4.79 Å². The molecule has 0 unspecified atom stereocenters. The Kier molecular flexibility index (Phi) is 2.39. The van der Waals surface area contributed by atoms with Crippen LogP contribution >= 0.6 is 0 Å². The number of aryl methyl sites for hydroxylation is 1. The van der Waals surface area contributed by atoms with E-state index in [9.17, 15) is 4.79 Å². The maximum absolute atomic E-state index is 10.8. The number of methoxy groups -OCH3 is 1. The molecule has 2 atom stereocenters. The third-order valence-corrected chi connectivity index (χ3v) is 2.89. The topological polar surface area (TPSA) is 46.5 Å². The Morgan fingerprint density at radius 3 is 2.80 bits per heavy atom. The SMILES string of the molecule is COc1ccc(C)cc1[C@@H]1C[C@H]1C(=O)O. The molecule has 1 aliphatic rings. The van der Waals surface area contributed by atoms with Crippen molar-refractivity contribution in [2.24, 2.45) is 5.92 Å². The van der Waals surface area contributed by atoms with Gasteiger partial charge in [-0.15, -0.1) is 0 Å². The zero-order valence-electron chi connectivity index (χ0n) is 8.86. The summed E-state index contributed by atoms with van der Waals surface area (Å²) in [6.07, 6.45) is 0.731. The summed E-state index contributed by atoms with van der Waals surface area (Å²) < 4.78 is 5.24. The number of hydrogen-bond acceptors (Lipinski definition) is 2. The van der Waals surface area contributed by atoms with Gasteiger partial charge in [0.25, 0.3) is 0 Å². The number of carboxylic acids is 1. The lowest BCUT2D eigenvalue weighted by atomic mass is 10.0. The third kappa shape index (κ3) is 1.82. The molecule has 0 bridgehead atoms. The van der Waals surface area contributed by atoms with Crippen LogP contribution in [0, 0.1) is 12.8 Å². The molecule has 0 saturated heterocycles. The Morgan fingerprint density at radius 1 is 1.53 bits per heavy atom. The van der Waals surface area contributed by atoms with Gasteiger partial charge in [-0.1, -0.05) is 17.7 Å². The molecule has 0 heterocycles. The third-order valence-electron chi connectivity index (χ3n) is 2.89. The number of hydrogen-bond donors (Lipinski definition) is 1. The Hall–Kier alpha value is -1.51. The lowest BCUT2D eigenvalue weighted by Gasteiger charge is -2.08. The van der Waals surface area contributed by atoms with E-state index in [1.54, 1.807) is 7.11 Å². The van der Waals surface area contributed by atoms with Crippen LogP contribution in [0.1, 0.15) is 23.5 Å². The fraction of sp³-hybridized carbons (Fsp3) is 0.417. The molecule has 3 heteroatoms. The highest BCUT2D eigenvalue weighted by atomic mass is 16.5. The molecule has 1 fully saturated rings. The molecule has 1 aromatic carbocycles. The van der Waals surface area contributed by atoms with Gasteiger partial charge in [-0.25, -0.2) is 0 Å². The Bertz CT molecular complexity index is 398. The first-order chi connectivity index (χ1) is 7.13. The molecule has 0 aliphatic heterocycles. The minimum absolute atomic E-state index is 0.136. The Balaban J connectivity index is 2.28. The fourth-order valence-electron chi connectivity index (χ4n) is 1.96. The first kappa shape index (κ1) is 10.0. The summed E-state index contributed by atoms with van der Waals surface area (Å²) in [7, 11) is 1.62. The Labute approximate surface area is 88.7 Å². The van der Waals surface area contributed by atoms with Gasteiger partial charge in [0, 0.05) is 5.92 Å². The van der Waals surface area contributed by atoms with E-state index < -0.39 is 5.97 Å². The van der Waals surface area contributed by atoms with E-state index in [2.05, 4.69) is 0 Å². The second kappa shape index (κ2) is 3.57. The number of ether oxygens (including phenoxy) is 1. The second-order valence-corrected chi connectivity index (χ2v) is 4.03. The number of rotatable bonds is 3. The van der Waals surface area contributed by atoms with Crippen molar-refractivity contribution in [1.82, 2.24) is 0 Å². The summed E-state index contributed by atoms with van der Waals surface area (Å²) in [5.74, 6) is 0.0101. The smallest absolute Gasteiger partial charge is 0.307 e. The van der Waals surface area contributed by atoms with Crippen molar-refractivity contribution in [3.8, 4) is 5.75 Å². The van der Waals surface area contributed by atoms with Gasteiger partial charge in [-0.2, -0.15) is 0 Å². The maximum Gasteiger partial charge on any atom is 0.307 e. The van der Waals surface area contributed by atoms with E-state index in [4.69, 9.17) is 9.84 Å². The molecule has 1 aliphatic carbocycles. The van der Waals surface area contributed by atoms with Crippen LogP contribution in [0.25, 0.3) is 0 Å². The van der Waals surface area contributed by atoms with Crippen LogP contribution < -0.4 is 4.74 Å². The average Bonchev–Trinajstić information content (AvgIpc) is 2.97. The molecule has 1 saturated carbocycles. The lowest BCUT2D eigenvalue weighted by molar-refractivity contribution is -0.138. The number of carbonyl (C=O) groups is 1. The van der Waals surface area contributed by atoms with Crippen LogP contribution in [0.3, 0.4) is 0 Å². The summed E-state index contributed by atoms with van der Waals surface area (Å²) in [6.45, 7) is 2.00. The summed E-state index contributed by atoms with van der Waals surface area (Å²) in [5, 5.41) is 8.88. The zero-order chi connectivity index (χ0) is 11.0. The van der Waals surface area contributed by atoms with Gasteiger partial charge < -0.3 is 9.84 Å². The fourth-order valence-corrected chi connectivity index (χ4v) is 1.96. The molecule has 15 heavy (non-hydrogen) atoms. The zero-order valence-corrected chi connectivity index (χ0v) is 8.86. The quantitative estimate of drug-likeness (QED) is 0.824. The van der Waals surface area contributed by atoms with Crippen LogP contribution in [0.5, 0.6) is 5.75 Å². The molecule has 3 nitrogen and oxygen atoms in total. The van der Waals surface area contributed by atoms with Crippen LogP contribution in [0.4, 0.5) is 0 Å². The minimum atomic E-state index is -0.705. The average molecular weight is 206 g/mol. The number of aliphatic carboxylic acids is 1. The van der Waals surface area contributed by atoms with E-state index in [0.717, 1.165) is 23.3 Å². The van der Waals surface area contributed by atoms with Crippen LogP contribution in [0.15, 0.2) is 18.2 Å². The van der Waals surface area contributed by atoms with Crippen LogP contribution in [-0.2, 0) is 4.79 Å². The van der Waals surface area contributed by atoms with Crippen molar-refractivity contribution < 1.29 is 14.6 Å². The number of carboxylic acid groups (broad SMARTS) is 1. The van der Waals surface area contributed by atoms with Crippen molar-refractivity contribution in [3.05, 3.63) is 29.3 Å². The molecular formula is C12H14O3. The minimum Gasteiger partial charge on any atom is -0.496 e. The highest BCUT2D eigenvalue weighted by Gasteiger charge is 2.45. The molecular weight excluding hydrogens is 192 g/mol. The maximum atomic E-state index is 10.8. The monoisotopic (exact) mass is 206 g/mol. The molecule has 1 N–H and O–H groups in total. The first-order valence-electron chi connectivity index (χ1n) is 5.01. The van der Waals surface area contributed by atoms with Gasteiger partial charge in [-0.05, 0) is 25.0 Å². The molecule has 0 amide bonds. The predicted octanol–water partition coefficient (Wildman–Crippen LogP) is 2.19. The molecule has 0 aromatic heterocycles. The van der Waals surface area contributed by atoms with Crippen molar-refractivity contribution >= 4 is 5.97 Å². The standard InChI is InChI=1S/C12H14O3/c1-7-3-4-11(15-2)9(5-7)8-6-10(8)12(13)14/h3-5,8,10H,6H2,1-2H3,(H,13,14)/t8-,10+/m0/s1. The van der Waals surface area contributed by atoms with E-state index in [1.165, 1.54) is 0 Å². The normalized spacial score (nSPS) is 23.6. The highest BCUT2D eigenvalue weighted by molar-refractivity contribution is 5.75. The van der Waals surface area contributed by atoms with Gasteiger partial charge in [0.15, 0.2) is 0 Å². The van der Waals surface area contributed by atoms with Crippen molar-refractivity contribution in [1.29, 1.82) is 0 Å². The van der Waals surface area contributed by atoms with Gasteiger partial charge in [0.1, 0.15) is 5.75 Å². The summed E-state index contributed by atoms with van der Waals surface area (Å²) in [6, 6.07) is 5.90. The lowest BCUT2D eigenvalue weighted by Crippen LogP contribution is -2.00. The Morgan fingerprint density at radius 2 is 2.27 bits per heavy atom. The van der Waals surface area contributed by atoms with Crippen molar-refractivity contribution in [3.63, 3.8) is 0 Å². The number of benzene rings is 1. The largest absolute Gasteiger partial charge is 0.496 e.